The molecule has 0 spiro atoms. The summed E-state index contributed by atoms with van der Waals surface area (Å²) in [5.74, 6) is 2.15. The number of hydrogen-bond acceptors (Lipinski definition) is 5. The lowest BCUT2D eigenvalue weighted by molar-refractivity contribution is 0.497. The van der Waals surface area contributed by atoms with Gasteiger partial charge in [-0.15, -0.1) is 0 Å². The first-order valence-corrected chi connectivity index (χ1v) is 6.25. The predicted octanol–water partition coefficient (Wildman–Crippen LogP) is 2.41. The first kappa shape index (κ1) is 12.0. The molecule has 98 valence electrons. The highest BCUT2D eigenvalue weighted by Crippen LogP contribution is 2.16. The third-order valence-corrected chi connectivity index (χ3v) is 2.90. The number of hydrogen-bond donors (Lipinski definition) is 1. The molecule has 0 aliphatic rings. The number of halogens is 1. The van der Waals surface area contributed by atoms with E-state index >= 15 is 0 Å². The normalized spacial score (nSPS) is 12.7. The van der Waals surface area contributed by atoms with Gasteiger partial charge < -0.3 is 9.73 Å². The molecule has 3 heterocycles. The third kappa shape index (κ3) is 2.53. The average Bonchev–Trinajstić information content (AvgIpc) is 2.99. The summed E-state index contributed by atoms with van der Waals surface area (Å²) < 4.78 is 6.94. The molecule has 0 aliphatic heterocycles. The van der Waals surface area contributed by atoms with E-state index in [0.29, 0.717) is 10.9 Å². The molecule has 0 fully saturated rings. The van der Waals surface area contributed by atoms with E-state index in [1.807, 2.05) is 12.1 Å². The van der Waals surface area contributed by atoms with Crippen molar-refractivity contribution in [1.82, 2.24) is 19.6 Å². The molecule has 3 aromatic rings. The fourth-order valence-electron chi connectivity index (χ4n) is 1.92. The fourth-order valence-corrected chi connectivity index (χ4v) is 2.10. The van der Waals surface area contributed by atoms with E-state index in [4.69, 9.17) is 16.0 Å². The molecule has 6 nitrogen and oxygen atoms in total. The first-order chi connectivity index (χ1) is 9.22. The molecule has 1 unspecified atom stereocenters. The van der Waals surface area contributed by atoms with E-state index < -0.39 is 0 Å². The van der Waals surface area contributed by atoms with Crippen LogP contribution in [0.5, 0.6) is 0 Å². The molecule has 0 amide bonds. The minimum atomic E-state index is 0.164. The van der Waals surface area contributed by atoms with Crippen molar-refractivity contribution >= 4 is 23.2 Å². The Hall–Kier alpha value is -2.08. The smallest absolute Gasteiger partial charge is 0.255 e. The van der Waals surface area contributed by atoms with Gasteiger partial charge in [0, 0.05) is 18.5 Å². The van der Waals surface area contributed by atoms with Gasteiger partial charge in [-0.3, -0.25) is 0 Å². The first-order valence-electron chi connectivity index (χ1n) is 5.87. The lowest BCUT2D eigenvalue weighted by atomic mass is 10.2. The zero-order chi connectivity index (χ0) is 13.2. The molecule has 0 aromatic carbocycles. The van der Waals surface area contributed by atoms with Crippen molar-refractivity contribution in [2.24, 2.45) is 0 Å². The van der Waals surface area contributed by atoms with Crippen LogP contribution in [0.2, 0.25) is 5.15 Å². The molecule has 0 saturated heterocycles. The predicted molar refractivity (Wildman–Crippen MR) is 71.3 cm³/mol. The van der Waals surface area contributed by atoms with Crippen molar-refractivity contribution in [3.63, 3.8) is 0 Å². The van der Waals surface area contributed by atoms with E-state index in [2.05, 4.69) is 27.3 Å². The van der Waals surface area contributed by atoms with Crippen molar-refractivity contribution in [2.45, 2.75) is 19.4 Å². The Morgan fingerprint density at radius 1 is 1.53 bits per heavy atom. The highest BCUT2D eigenvalue weighted by atomic mass is 35.5. The minimum Gasteiger partial charge on any atom is -0.469 e. The Morgan fingerprint density at radius 3 is 3.21 bits per heavy atom. The quantitative estimate of drug-likeness (QED) is 0.742. The van der Waals surface area contributed by atoms with Crippen LogP contribution in [0.3, 0.4) is 0 Å². The molecule has 19 heavy (non-hydrogen) atoms. The van der Waals surface area contributed by atoms with Gasteiger partial charge in [-0.05, 0) is 19.1 Å². The van der Waals surface area contributed by atoms with Crippen LogP contribution in [-0.2, 0) is 6.42 Å². The van der Waals surface area contributed by atoms with Gasteiger partial charge in [0.05, 0.1) is 6.26 Å². The standard InChI is InChI=1S/C12H12ClN5O/c1-8(5-9-3-2-4-19-9)16-11-6-10(13)17-12-14-7-15-18(11)12/h2-4,6-8,16H,5H2,1H3. The number of nitrogens with zero attached hydrogens (tertiary/aromatic N) is 4. The second-order valence-corrected chi connectivity index (χ2v) is 4.65. The second-order valence-electron chi connectivity index (χ2n) is 4.26. The topological polar surface area (TPSA) is 68.2 Å². The maximum Gasteiger partial charge on any atom is 0.255 e. The zero-order valence-corrected chi connectivity index (χ0v) is 11.0. The summed E-state index contributed by atoms with van der Waals surface area (Å²) in [4.78, 5) is 8.10. The molecule has 3 aromatic heterocycles. The van der Waals surface area contributed by atoms with Crippen LogP contribution < -0.4 is 5.32 Å². The van der Waals surface area contributed by atoms with Gasteiger partial charge in [-0.1, -0.05) is 11.6 Å². The molecule has 0 radical (unpaired) electrons. The molecular weight excluding hydrogens is 266 g/mol. The summed E-state index contributed by atoms with van der Waals surface area (Å²) in [6.45, 7) is 2.06. The summed E-state index contributed by atoms with van der Waals surface area (Å²) in [6.07, 6.45) is 3.88. The Bertz CT molecular complexity index is 679. The van der Waals surface area contributed by atoms with Crippen LogP contribution in [0.1, 0.15) is 12.7 Å². The van der Waals surface area contributed by atoms with Gasteiger partial charge in [-0.25, -0.2) is 0 Å². The highest BCUT2D eigenvalue weighted by molar-refractivity contribution is 6.29. The van der Waals surface area contributed by atoms with Gasteiger partial charge in [0.15, 0.2) is 0 Å². The minimum absolute atomic E-state index is 0.164. The number of fused-ring (bicyclic) bond motifs is 1. The maximum absolute atomic E-state index is 5.96. The van der Waals surface area contributed by atoms with Crippen molar-refractivity contribution < 1.29 is 4.42 Å². The summed E-state index contributed by atoms with van der Waals surface area (Å²) in [6, 6.07) is 5.71. The molecule has 0 aliphatic carbocycles. The molecular formula is C12H12ClN5O. The summed E-state index contributed by atoms with van der Waals surface area (Å²) in [7, 11) is 0. The number of rotatable bonds is 4. The monoisotopic (exact) mass is 277 g/mol. The average molecular weight is 278 g/mol. The highest BCUT2D eigenvalue weighted by Gasteiger charge is 2.10. The number of anilines is 1. The van der Waals surface area contributed by atoms with E-state index in [1.54, 1.807) is 16.8 Å². The summed E-state index contributed by atoms with van der Waals surface area (Å²) in [5.41, 5.74) is 0. The Labute approximate surface area is 114 Å². The summed E-state index contributed by atoms with van der Waals surface area (Å²) >= 11 is 5.96. The zero-order valence-electron chi connectivity index (χ0n) is 10.2. The van der Waals surface area contributed by atoms with Gasteiger partial charge in [-0.2, -0.15) is 19.6 Å². The van der Waals surface area contributed by atoms with Crippen LogP contribution in [-0.4, -0.2) is 25.6 Å². The Kier molecular flexibility index (Phi) is 3.08. The van der Waals surface area contributed by atoms with Gasteiger partial charge >= 0.3 is 0 Å². The molecule has 1 atom stereocenters. The Morgan fingerprint density at radius 2 is 2.42 bits per heavy atom. The number of furan rings is 1. The third-order valence-electron chi connectivity index (χ3n) is 2.70. The lowest BCUT2D eigenvalue weighted by Gasteiger charge is -2.14. The van der Waals surface area contributed by atoms with Crippen molar-refractivity contribution in [3.05, 3.63) is 41.7 Å². The fraction of sp³-hybridized carbons (Fsp3) is 0.250. The van der Waals surface area contributed by atoms with E-state index in [9.17, 15) is 0 Å². The van der Waals surface area contributed by atoms with Crippen LogP contribution in [0.4, 0.5) is 5.82 Å². The molecule has 1 N–H and O–H groups in total. The second kappa shape index (κ2) is 4.89. The van der Waals surface area contributed by atoms with Gasteiger partial charge in [0.25, 0.3) is 5.78 Å². The Balaban J connectivity index is 1.82. The molecule has 3 rings (SSSR count). The molecule has 7 heteroatoms. The lowest BCUT2D eigenvalue weighted by Crippen LogP contribution is -2.20. The van der Waals surface area contributed by atoms with Crippen molar-refractivity contribution in [3.8, 4) is 0 Å². The number of aromatic nitrogens is 4. The van der Waals surface area contributed by atoms with Crippen molar-refractivity contribution in [1.29, 1.82) is 0 Å². The van der Waals surface area contributed by atoms with E-state index in [-0.39, 0.29) is 6.04 Å². The van der Waals surface area contributed by atoms with Gasteiger partial charge in [0.2, 0.25) is 0 Å². The largest absolute Gasteiger partial charge is 0.469 e. The van der Waals surface area contributed by atoms with E-state index in [0.717, 1.165) is 18.0 Å². The SMILES string of the molecule is CC(Cc1ccco1)Nc1cc(Cl)nc2ncnn12. The van der Waals surface area contributed by atoms with Crippen LogP contribution in [0.25, 0.3) is 5.78 Å². The van der Waals surface area contributed by atoms with Crippen molar-refractivity contribution in [2.75, 3.05) is 5.32 Å². The van der Waals surface area contributed by atoms with Crippen LogP contribution in [0, 0.1) is 0 Å². The van der Waals surface area contributed by atoms with E-state index in [1.165, 1.54) is 6.33 Å². The maximum atomic E-state index is 5.96. The molecule has 0 saturated carbocycles. The van der Waals surface area contributed by atoms with Gasteiger partial charge in [0.1, 0.15) is 23.1 Å². The number of nitrogens with one attached hydrogen (secondary N) is 1. The summed E-state index contributed by atoms with van der Waals surface area (Å²) in [5, 5.41) is 7.82. The van der Waals surface area contributed by atoms with Crippen LogP contribution in [0.15, 0.2) is 35.2 Å². The van der Waals surface area contributed by atoms with Crippen LogP contribution >= 0.6 is 11.6 Å². The molecule has 0 bridgehead atoms.